The summed E-state index contributed by atoms with van der Waals surface area (Å²) in [5, 5.41) is 11.9. The minimum Gasteiger partial charge on any atom is -0.391 e. The van der Waals surface area contributed by atoms with Crippen LogP contribution in [0.4, 0.5) is 8.78 Å². The third-order valence-electron chi connectivity index (χ3n) is 8.11. The Morgan fingerprint density at radius 3 is 2.47 bits per heavy atom. The van der Waals surface area contributed by atoms with Gasteiger partial charge in [-0.05, 0) is 71.1 Å². The van der Waals surface area contributed by atoms with Gasteiger partial charge in [0, 0.05) is 18.0 Å². The van der Waals surface area contributed by atoms with Crippen molar-refractivity contribution in [1.82, 2.24) is 9.62 Å². The van der Waals surface area contributed by atoms with Crippen molar-refractivity contribution in [2.45, 2.75) is 124 Å². The van der Waals surface area contributed by atoms with Crippen LogP contribution in [0.5, 0.6) is 0 Å². The van der Waals surface area contributed by atoms with Crippen molar-refractivity contribution in [2.75, 3.05) is 6.54 Å². The number of hydrogen-bond donors (Lipinski definition) is 2. The number of fused-ring (bicyclic) bond motifs is 1. The molecule has 1 saturated heterocycles. The largest absolute Gasteiger partial charge is 0.391 e. The maximum absolute atomic E-state index is 14.4. The van der Waals surface area contributed by atoms with E-state index >= 15 is 0 Å². The lowest BCUT2D eigenvalue weighted by Crippen LogP contribution is -2.64. The summed E-state index contributed by atoms with van der Waals surface area (Å²) in [6.45, 7) is 1.60. The Hall–Kier alpha value is -0.550. The van der Waals surface area contributed by atoms with Gasteiger partial charge in [0.2, 0.25) is 15.9 Å². The minimum atomic E-state index is -3.75. The van der Waals surface area contributed by atoms with E-state index in [0.29, 0.717) is 38.5 Å². The Labute approximate surface area is 206 Å². The van der Waals surface area contributed by atoms with Gasteiger partial charge < -0.3 is 15.2 Å². The van der Waals surface area contributed by atoms with Crippen LogP contribution in [0.1, 0.15) is 71.1 Å². The Morgan fingerprint density at radius 2 is 1.82 bits per heavy atom. The molecule has 0 bridgehead atoms. The van der Waals surface area contributed by atoms with Crippen molar-refractivity contribution in [1.29, 1.82) is 0 Å². The van der Waals surface area contributed by atoms with Crippen molar-refractivity contribution in [3.8, 4) is 0 Å². The highest BCUT2D eigenvalue weighted by Gasteiger charge is 2.49. The lowest BCUT2D eigenvalue weighted by atomic mass is 9.84. The average molecular weight is 527 g/mol. The van der Waals surface area contributed by atoms with E-state index in [1.54, 1.807) is 6.92 Å². The molecule has 4 rings (SSSR count). The molecular formula is C23H37ClF2N2O5S. The number of amides is 1. The molecule has 4 aliphatic rings. The molecule has 0 spiro atoms. The summed E-state index contributed by atoms with van der Waals surface area (Å²) in [4.78, 5) is 12.9. The van der Waals surface area contributed by atoms with Gasteiger partial charge in [0.1, 0.15) is 12.3 Å². The third kappa shape index (κ3) is 5.56. The van der Waals surface area contributed by atoms with E-state index < -0.39 is 69.2 Å². The number of carbonyl (C=O) groups excluding carboxylic acids is 1. The van der Waals surface area contributed by atoms with Crippen LogP contribution in [-0.4, -0.2) is 83.6 Å². The molecule has 1 heterocycles. The molecule has 1 aliphatic heterocycles. The smallest absolute Gasteiger partial charge is 0.227 e. The van der Waals surface area contributed by atoms with E-state index in [1.807, 2.05) is 0 Å². The van der Waals surface area contributed by atoms with Crippen LogP contribution < -0.4 is 5.32 Å². The second kappa shape index (κ2) is 10.8. The quantitative estimate of drug-likeness (QED) is 0.537. The first-order valence-electron chi connectivity index (χ1n) is 12.6. The van der Waals surface area contributed by atoms with Crippen molar-refractivity contribution in [2.24, 2.45) is 5.92 Å². The molecule has 34 heavy (non-hydrogen) atoms. The van der Waals surface area contributed by atoms with Crippen LogP contribution in [0, 0.1) is 5.92 Å². The fourth-order valence-electron chi connectivity index (χ4n) is 6.08. The second-order valence-electron chi connectivity index (χ2n) is 10.5. The normalized spacial score (nSPS) is 43.0. The molecule has 0 radical (unpaired) electrons. The van der Waals surface area contributed by atoms with Crippen molar-refractivity contribution in [3.63, 3.8) is 0 Å². The highest BCUT2D eigenvalue weighted by molar-refractivity contribution is 7.89. The van der Waals surface area contributed by atoms with E-state index in [1.165, 1.54) is 4.31 Å². The predicted molar refractivity (Wildman–Crippen MR) is 125 cm³/mol. The molecular weight excluding hydrogens is 490 g/mol. The van der Waals surface area contributed by atoms with E-state index in [4.69, 9.17) is 16.3 Å². The van der Waals surface area contributed by atoms with Crippen molar-refractivity contribution < 1.29 is 31.8 Å². The van der Waals surface area contributed by atoms with Gasteiger partial charge in [-0.1, -0.05) is 0 Å². The van der Waals surface area contributed by atoms with E-state index in [-0.39, 0.29) is 38.3 Å². The number of morpholine rings is 1. The van der Waals surface area contributed by atoms with Gasteiger partial charge in [0.05, 0.1) is 35.5 Å². The number of carbonyl (C=O) groups is 1. The van der Waals surface area contributed by atoms with Crippen LogP contribution in [0.15, 0.2) is 0 Å². The average Bonchev–Trinajstić information content (AvgIpc) is 2.78. The second-order valence-corrected chi connectivity index (χ2v) is 13.2. The van der Waals surface area contributed by atoms with Crippen molar-refractivity contribution >= 4 is 27.5 Å². The lowest BCUT2D eigenvalue weighted by Gasteiger charge is -2.49. The summed E-state index contributed by atoms with van der Waals surface area (Å²) in [5.41, 5.74) is 0. The first kappa shape index (κ1) is 26.5. The Kier molecular flexibility index (Phi) is 8.44. The summed E-state index contributed by atoms with van der Waals surface area (Å²) in [6, 6.07) is -0.820. The van der Waals surface area contributed by atoms with Gasteiger partial charge in [0.15, 0.2) is 0 Å². The Balaban J connectivity index is 1.49. The predicted octanol–water partition coefficient (Wildman–Crippen LogP) is 2.83. The lowest BCUT2D eigenvalue weighted by molar-refractivity contribution is -0.147. The van der Waals surface area contributed by atoms with Gasteiger partial charge >= 0.3 is 0 Å². The molecule has 11 heteroatoms. The third-order valence-corrected chi connectivity index (χ3v) is 11.0. The molecule has 0 aromatic rings. The summed E-state index contributed by atoms with van der Waals surface area (Å²) in [6.07, 6.45) is -0.143. The Bertz CT molecular complexity index is 816. The first-order valence-corrected chi connectivity index (χ1v) is 14.6. The molecule has 2 N–H and O–H groups in total. The monoisotopic (exact) mass is 526 g/mol. The van der Waals surface area contributed by atoms with Gasteiger partial charge in [-0.25, -0.2) is 17.2 Å². The van der Waals surface area contributed by atoms with Crippen LogP contribution in [0.3, 0.4) is 0 Å². The summed E-state index contributed by atoms with van der Waals surface area (Å²) < 4.78 is 62.9. The van der Waals surface area contributed by atoms with Crippen LogP contribution >= 0.6 is 11.6 Å². The molecule has 1 amide bonds. The molecule has 7 nitrogen and oxygen atoms in total. The highest BCUT2D eigenvalue weighted by Crippen LogP contribution is 2.38. The summed E-state index contributed by atoms with van der Waals surface area (Å²) in [5.74, 6) is -1.31. The molecule has 0 aromatic heterocycles. The highest BCUT2D eigenvalue weighted by atomic mass is 35.5. The van der Waals surface area contributed by atoms with E-state index in [2.05, 4.69) is 5.32 Å². The van der Waals surface area contributed by atoms with Crippen LogP contribution in [-0.2, 0) is 19.6 Å². The number of rotatable bonds is 5. The number of aliphatic hydroxyl groups excluding tert-OH is 1. The van der Waals surface area contributed by atoms with E-state index in [0.717, 1.165) is 0 Å². The maximum atomic E-state index is 14.4. The van der Waals surface area contributed by atoms with Gasteiger partial charge in [-0.15, -0.1) is 11.6 Å². The van der Waals surface area contributed by atoms with Crippen LogP contribution in [0.25, 0.3) is 0 Å². The zero-order valence-corrected chi connectivity index (χ0v) is 21.2. The van der Waals surface area contributed by atoms with Crippen LogP contribution in [0.2, 0.25) is 0 Å². The van der Waals surface area contributed by atoms with Gasteiger partial charge in [-0.2, -0.15) is 4.31 Å². The van der Waals surface area contributed by atoms with Gasteiger partial charge in [0.25, 0.3) is 0 Å². The first-order chi connectivity index (χ1) is 16.1. The number of aliphatic hydroxyl groups is 1. The number of ether oxygens (including phenoxy) is 1. The number of sulfonamides is 1. The molecule has 0 aromatic carbocycles. The fourth-order valence-corrected chi connectivity index (χ4v) is 8.71. The zero-order valence-electron chi connectivity index (χ0n) is 19.6. The number of nitrogens with one attached hydrogen (secondary N) is 1. The molecule has 3 aliphatic carbocycles. The summed E-state index contributed by atoms with van der Waals surface area (Å²) >= 11 is 6.27. The topological polar surface area (TPSA) is 95.9 Å². The number of alkyl halides is 3. The number of nitrogens with zero attached hydrogens (tertiary/aromatic N) is 1. The molecule has 3 saturated carbocycles. The Morgan fingerprint density at radius 1 is 1.12 bits per heavy atom. The summed E-state index contributed by atoms with van der Waals surface area (Å²) in [7, 11) is -3.75. The molecule has 8 atom stereocenters. The van der Waals surface area contributed by atoms with Crippen molar-refractivity contribution in [3.05, 3.63) is 0 Å². The zero-order chi connectivity index (χ0) is 24.6. The number of hydrogen-bond acceptors (Lipinski definition) is 5. The minimum absolute atomic E-state index is 0.0241. The maximum Gasteiger partial charge on any atom is 0.227 e. The standard InChI is InChI=1S/C23H37ClF2N2O5S/c1-13(29)21-12-28(34(31,32)16-8-5-14(25)6-9-16)19-11-15(7-10-20(19)33-21)27-23(30)22-17(24)3-2-4-18(22)26/h13-22,29H,2-12H2,1H3,(H,27,30)/t13-,14?,15?,16?,17?,18?,19?,20?,21-,22?/m1/s1. The molecule has 6 unspecified atom stereocenters. The molecule has 196 valence electrons. The fraction of sp³-hybridized carbons (Fsp3) is 0.957. The number of halogens is 3. The van der Waals surface area contributed by atoms with Gasteiger partial charge in [-0.3, -0.25) is 4.79 Å². The van der Waals surface area contributed by atoms with E-state index in [9.17, 15) is 27.1 Å². The SMILES string of the molecule is C[C@@H](O)[C@H]1CN(S(=O)(=O)C2CCC(F)CC2)C2CC(NC(=O)C3C(F)CCCC3Cl)CCC2O1. The molecule has 4 fully saturated rings.